The summed E-state index contributed by atoms with van der Waals surface area (Å²) in [6, 6.07) is 0. The van der Waals surface area contributed by atoms with Gasteiger partial charge in [-0.05, 0) is 0 Å². The number of quaternary nitrogens is 1. The molecule has 0 aromatic heterocycles. The molecule has 0 saturated heterocycles. The normalized spacial score (nSPS) is 14.5. The molecule has 0 heterocycles. The fraction of sp³-hybridized carbons (Fsp3) is 1.00. The molecule has 80 valence electrons. The summed E-state index contributed by atoms with van der Waals surface area (Å²) in [6.07, 6.45) is -0.857. The molecule has 0 aliphatic heterocycles. The molecule has 0 bridgehead atoms. The maximum absolute atomic E-state index is 8.86. The van der Waals surface area contributed by atoms with Gasteiger partial charge in [0.1, 0.15) is 25.9 Å². The van der Waals surface area contributed by atoms with E-state index in [0.29, 0.717) is 6.61 Å². The molecular formula is C8H20NO4+. The highest BCUT2D eigenvalue weighted by atomic mass is 17.2. The molecule has 0 aliphatic carbocycles. The van der Waals surface area contributed by atoms with E-state index in [9.17, 15) is 0 Å². The van der Waals surface area contributed by atoms with E-state index in [1.54, 1.807) is 0 Å². The van der Waals surface area contributed by atoms with Gasteiger partial charge in [0.25, 0.3) is 0 Å². The Balaban J connectivity index is 3.18. The average Bonchev–Trinajstić information content (AvgIpc) is 2.01. The van der Waals surface area contributed by atoms with Gasteiger partial charge in [0.15, 0.2) is 0 Å². The summed E-state index contributed by atoms with van der Waals surface area (Å²) in [7, 11) is 6.14. The van der Waals surface area contributed by atoms with Gasteiger partial charge in [-0.3, -0.25) is 0 Å². The van der Waals surface area contributed by atoms with Crippen molar-refractivity contribution in [2.75, 3.05) is 47.5 Å². The third-order valence-corrected chi connectivity index (χ3v) is 1.40. The molecule has 0 spiro atoms. The number of aliphatic hydroxyl groups excluding tert-OH is 2. The van der Waals surface area contributed by atoms with Crippen LogP contribution < -0.4 is 0 Å². The number of aliphatic hydroxyl groups is 2. The lowest BCUT2D eigenvalue weighted by Crippen LogP contribution is -2.37. The van der Waals surface area contributed by atoms with Crippen molar-refractivity contribution in [3.63, 3.8) is 0 Å². The fourth-order valence-electron chi connectivity index (χ4n) is 0.549. The lowest BCUT2D eigenvalue weighted by molar-refractivity contribution is -0.871. The second-order valence-corrected chi connectivity index (χ2v) is 3.96. The molecule has 0 rings (SSSR count). The summed E-state index contributed by atoms with van der Waals surface area (Å²) >= 11 is 0. The smallest absolute Gasteiger partial charge is 0.131 e. The Morgan fingerprint density at radius 2 is 1.85 bits per heavy atom. The molecule has 0 aliphatic rings. The van der Waals surface area contributed by atoms with Crippen LogP contribution in [0.4, 0.5) is 0 Å². The molecule has 1 unspecified atom stereocenters. The van der Waals surface area contributed by atoms with Crippen LogP contribution in [-0.4, -0.2) is 68.3 Å². The second-order valence-electron chi connectivity index (χ2n) is 3.96. The number of nitrogens with zero attached hydrogens (tertiary/aromatic N) is 1. The van der Waals surface area contributed by atoms with E-state index in [-0.39, 0.29) is 13.2 Å². The van der Waals surface area contributed by atoms with Crippen LogP contribution in [0.1, 0.15) is 0 Å². The molecule has 5 nitrogen and oxygen atoms in total. The van der Waals surface area contributed by atoms with E-state index in [1.807, 2.05) is 21.1 Å². The molecule has 0 saturated carbocycles. The van der Waals surface area contributed by atoms with Crippen LogP contribution in [0.3, 0.4) is 0 Å². The SMILES string of the molecule is C[N+](C)(C)CCOOCC(O)CO. The largest absolute Gasteiger partial charge is 0.394 e. The van der Waals surface area contributed by atoms with Crippen LogP contribution in [0.5, 0.6) is 0 Å². The van der Waals surface area contributed by atoms with E-state index in [1.165, 1.54) is 0 Å². The predicted octanol–water partition coefficient (Wildman–Crippen LogP) is -1.01. The lowest BCUT2D eigenvalue weighted by atomic mass is 10.4. The fourth-order valence-corrected chi connectivity index (χ4v) is 0.549. The monoisotopic (exact) mass is 194 g/mol. The quantitative estimate of drug-likeness (QED) is 0.236. The molecule has 1 atom stereocenters. The van der Waals surface area contributed by atoms with Gasteiger partial charge >= 0.3 is 0 Å². The van der Waals surface area contributed by atoms with Crippen LogP contribution in [0.2, 0.25) is 0 Å². The highest BCUT2D eigenvalue weighted by Crippen LogP contribution is 1.91. The molecule has 13 heavy (non-hydrogen) atoms. The number of likely N-dealkylation sites (N-methyl/N-ethyl adjacent to an activating group) is 1. The van der Waals surface area contributed by atoms with Crippen molar-refractivity contribution in [3.8, 4) is 0 Å². The zero-order chi connectivity index (χ0) is 10.3. The maximum atomic E-state index is 8.86. The molecule has 5 heteroatoms. The minimum absolute atomic E-state index is 0.00758. The number of hydrogen-bond acceptors (Lipinski definition) is 4. The van der Waals surface area contributed by atoms with Crippen LogP contribution >= 0.6 is 0 Å². The predicted molar refractivity (Wildman–Crippen MR) is 47.9 cm³/mol. The lowest BCUT2D eigenvalue weighted by Gasteiger charge is -2.23. The van der Waals surface area contributed by atoms with E-state index in [4.69, 9.17) is 15.1 Å². The molecule has 2 N–H and O–H groups in total. The summed E-state index contributed by atoms with van der Waals surface area (Å²) in [4.78, 5) is 9.46. The van der Waals surface area contributed by atoms with Crippen molar-refractivity contribution in [2.24, 2.45) is 0 Å². The summed E-state index contributed by atoms with van der Waals surface area (Å²) in [5.41, 5.74) is 0. The van der Waals surface area contributed by atoms with E-state index in [2.05, 4.69) is 4.89 Å². The maximum Gasteiger partial charge on any atom is 0.131 e. The third kappa shape index (κ3) is 9.72. The summed E-state index contributed by atoms with van der Waals surface area (Å²) in [5.74, 6) is 0. The van der Waals surface area contributed by atoms with Gasteiger partial charge in [0, 0.05) is 0 Å². The molecule has 0 radical (unpaired) electrons. The average molecular weight is 194 g/mol. The van der Waals surface area contributed by atoms with Crippen LogP contribution in [0, 0.1) is 0 Å². The molecule has 0 amide bonds. The minimum Gasteiger partial charge on any atom is -0.394 e. The molecule has 0 aromatic carbocycles. The molecule has 0 fully saturated rings. The van der Waals surface area contributed by atoms with Crippen LogP contribution in [-0.2, 0) is 9.78 Å². The highest BCUT2D eigenvalue weighted by Gasteiger charge is 2.07. The van der Waals surface area contributed by atoms with Crippen molar-refractivity contribution in [2.45, 2.75) is 6.10 Å². The summed E-state index contributed by atoms with van der Waals surface area (Å²) in [6.45, 7) is 1.00. The molecular weight excluding hydrogens is 174 g/mol. The van der Waals surface area contributed by atoms with Gasteiger partial charge in [-0.1, -0.05) is 0 Å². The van der Waals surface area contributed by atoms with Gasteiger partial charge in [0.05, 0.1) is 27.7 Å². The minimum atomic E-state index is -0.857. The Morgan fingerprint density at radius 3 is 2.31 bits per heavy atom. The Morgan fingerprint density at radius 1 is 1.23 bits per heavy atom. The summed E-state index contributed by atoms with van der Waals surface area (Å²) in [5, 5.41) is 17.3. The van der Waals surface area contributed by atoms with Crippen molar-refractivity contribution in [1.82, 2.24) is 0 Å². The van der Waals surface area contributed by atoms with Crippen molar-refractivity contribution in [1.29, 1.82) is 0 Å². The van der Waals surface area contributed by atoms with E-state index >= 15 is 0 Å². The molecule has 0 aromatic rings. The highest BCUT2D eigenvalue weighted by molar-refractivity contribution is 4.45. The van der Waals surface area contributed by atoms with E-state index in [0.717, 1.165) is 11.0 Å². The van der Waals surface area contributed by atoms with Gasteiger partial charge < -0.3 is 14.7 Å². The number of rotatable bonds is 7. The van der Waals surface area contributed by atoms with Crippen molar-refractivity contribution in [3.05, 3.63) is 0 Å². The van der Waals surface area contributed by atoms with Crippen molar-refractivity contribution < 1.29 is 24.5 Å². The number of hydrogen-bond donors (Lipinski definition) is 2. The van der Waals surface area contributed by atoms with Gasteiger partial charge in [-0.2, -0.15) is 0 Å². The van der Waals surface area contributed by atoms with E-state index < -0.39 is 6.10 Å². The van der Waals surface area contributed by atoms with Crippen molar-refractivity contribution >= 4 is 0 Å². The first-order chi connectivity index (χ1) is 5.95. The Kier molecular flexibility index (Phi) is 6.19. The third-order valence-electron chi connectivity index (χ3n) is 1.40. The Labute approximate surface area is 79.0 Å². The van der Waals surface area contributed by atoms with Crippen LogP contribution in [0.25, 0.3) is 0 Å². The topological polar surface area (TPSA) is 58.9 Å². The first kappa shape index (κ1) is 12.8. The van der Waals surface area contributed by atoms with Crippen LogP contribution in [0.15, 0.2) is 0 Å². The second kappa shape index (κ2) is 6.28. The standard InChI is InChI=1S/C8H20NO4/c1-9(2,3)4-5-12-13-7-8(11)6-10/h8,10-11H,4-7H2,1-3H3/q+1. The zero-order valence-electron chi connectivity index (χ0n) is 8.56. The Bertz CT molecular complexity index is 124. The zero-order valence-corrected chi connectivity index (χ0v) is 8.56. The first-order valence-electron chi connectivity index (χ1n) is 4.29. The Hall–Kier alpha value is -0.200. The van der Waals surface area contributed by atoms with Gasteiger partial charge in [-0.15, -0.1) is 0 Å². The first-order valence-corrected chi connectivity index (χ1v) is 4.29. The van der Waals surface area contributed by atoms with Gasteiger partial charge in [-0.25, -0.2) is 9.78 Å². The summed E-state index contributed by atoms with van der Waals surface area (Å²) < 4.78 is 0.798. The van der Waals surface area contributed by atoms with Gasteiger partial charge in [0.2, 0.25) is 0 Å².